The SMILES string of the molecule is CC(=O)C1CCN(C(C)C)CC1. The van der Waals surface area contributed by atoms with Crippen LogP contribution < -0.4 is 0 Å². The van der Waals surface area contributed by atoms with Crippen LogP contribution >= 0.6 is 0 Å². The van der Waals surface area contributed by atoms with Crippen molar-refractivity contribution in [1.82, 2.24) is 4.90 Å². The molecule has 1 aliphatic heterocycles. The number of ketones is 1. The van der Waals surface area contributed by atoms with E-state index in [2.05, 4.69) is 18.7 Å². The summed E-state index contributed by atoms with van der Waals surface area (Å²) in [5.74, 6) is 0.721. The first-order valence-corrected chi connectivity index (χ1v) is 4.85. The van der Waals surface area contributed by atoms with Crippen LogP contribution in [-0.4, -0.2) is 29.8 Å². The average molecular weight is 169 g/mol. The molecule has 1 rings (SSSR count). The molecule has 0 aromatic rings. The summed E-state index contributed by atoms with van der Waals surface area (Å²) in [6.45, 7) is 8.35. The van der Waals surface area contributed by atoms with Crippen molar-refractivity contribution < 1.29 is 4.79 Å². The number of hydrogen-bond acceptors (Lipinski definition) is 2. The van der Waals surface area contributed by atoms with Crippen LogP contribution in [0.15, 0.2) is 0 Å². The van der Waals surface area contributed by atoms with Crippen LogP contribution in [-0.2, 0) is 4.79 Å². The first-order chi connectivity index (χ1) is 5.61. The fraction of sp³-hybridized carbons (Fsp3) is 0.900. The van der Waals surface area contributed by atoms with Crippen LogP contribution in [0.2, 0.25) is 0 Å². The zero-order chi connectivity index (χ0) is 9.14. The molecule has 0 atom stereocenters. The molecule has 0 unspecified atom stereocenters. The highest BCUT2D eigenvalue weighted by molar-refractivity contribution is 5.78. The number of nitrogens with zero attached hydrogens (tertiary/aromatic N) is 1. The van der Waals surface area contributed by atoms with Crippen LogP contribution in [0.25, 0.3) is 0 Å². The van der Waals surface area contributed by atoms with Gasteiger partial charge in [0, 0.05) is 12.0 Å². The van der Waals surface area contributed by atoms with E-state index in [1.807, 2.05) is 0 Å². The summed E-state index contributed by atoms with van der Waals surface area (Å²) in [6, 6.07) is 0.637. The number of carbonyl (C=O) groups excluding carboxylic acids is 1. The van der Waals surface area contributed by atoms with Gasteiger partial charge in [-0.2, -0.15) is 0 Å². The average Bonchev–Trinajstić information content (AvgIpc) is 2.04. The third kappa shape index (κ3) is 2.31. The van der Waals surface area contributed by atoms with Gasteiger partial charge in [0.25, 0.3) is 0 Å². The lowest BCUT2D eigenvalue weighted by Crippen LogP contribution is -2.39. The molecule has 1 heterocycles. The van der Waals surface area contributed by atoms with Crippen LogP contribution in [0.3, 0.4) is 0 Å². The Morgan fingerprint density at radius 1 is 1.33 bits per heavy atom. The Hall–Kier alpha value is -0.370. The van der Waals surface area contributed by atoms with Gasteiger partial charge in [-0.1, -0.05) is 0 Å². The molecule has 1 aliphatic rings. The molecule has 0 aromatic heterocycles. The summed E-state index contributed by atoms with van der Waals surface area (Å²) in [5.41, 5.74) is 0. The Kier molecular flexibility index (Phi) is 3.27. The van der Waals surface area contributed by atoms with Crippen molar-refractivity contribution >= 4 is 5.78 Å². The molecule has 1 saturated heterocycles. The topological polar surface area (TPSA) is 20.3 Å². The summed E-state index contributed by atoms with van der Waals surface area (Å²) in [4.78, 5) is 13.5. The molecule has 0 bridgehead atoms. The number of carbonyl (C=O) groups is 1. The van der Waals surface area contributed by atoms with Crippen molar-refractivity contribution in [1.29, 1.82) is 0 Å². The van der Waals surface area contributed by atoms with E-state index < -0.39 is 0 Å². The van der Waals surface area contributed by atoms with Crippen molar-refractivity contribution in [3.63, 3.8) is 0 Å². The highest BCUT2D eigenvalue weighted by Crippen LogP contribution is 2.19. The van der Waals surface area contributed by atoms with E-state index in [4.69, 9.17) is 0 Å². The number of rotatable bonds is 2. The van der Waals surface area contributed by atoms with Crippen molar-refractivity contribution in [2.45, 2.75) is 39.7 Å². The highest BCUT2D eigenvalue weighted by atomic mass is 16.1. The van der Waals surface area contributed by atoms with Crippen molar-refractivity contribution in [3.05, 3.63) is 0 Å². The van der Waals surface area contributed by atoms with E-state index in [0.717, 1.165) is 25.9 Å². The Balaban J connectivity index is 2.34. The van der Waals surface area contributed by atoms with Gasteiger partial charge < -0.3 is 4.90 Å². The normalized spacial score (nSPS) is 21.7. The van der Waals surface area contributed by atoms with Crippen LogP contribution in [0.4, 0.5) is 0 Å². The maximum Gasteiger partial charge on any atom is 0.133 e. The minimum atomic E-state index is 0.347. The predicted molar refractivity (Wildman–Crippen MR) is 50.1 cm³/mol. The minimum absolute atomic E-state index is 0.347. The van der Waals surface area contributed by atoms with Crippen molar-refractivity contribution in [2.24, 2.45) is 5.92 Å². The third-order valence-electron chi connectivity index (χ3n) is 2.83. The maximum atomic E-state index is 11.1. The predicted octanol–water partition coefficient (Wildman–Crippen LogP) is 1.70. The van der Waals surface area contributed by atoms with Crippen LogP contribution in [0.5, 0.6) is 0 Å². The molecule has 0 saturated carbocycles. The second kappa shape index (κ2) is 4.04. The summed E-state index contributed by atoms with van der Waals surface area (Å²) >= 11 is 0. The first-order valence-electron chi connectivity index (χ1n) is 4.85. The smallest absolute Gasteiger partial charge is 0.133 e. The van der Waals surface area contributed by atoms with Gasteiger partial charge in [-0.15, -0.1) is 0 Å². The minimum Gasteiger partial charge on any atom is -0.301 e. The van der Waals surface area contributed by atoms with Crippen LogP contribution in [0, 0.1) is 5.92 Å². The van der Waals surface area contributed by atoms with E-state index in [9.17, 15) is 4.79 Å². The van der Waals surface area contributed by atoms with E-state index in [0.29, 0.717) is 17.7 Å². The Bertz CT molecular complexity index is 157. The summed E-state index contributed by atoms with van der Waals surface area (Å²) in [5, 5.41) is 0. The van der Waals surface area contributed by atoms with E-state index in [1.54, 1.807) is 6.92 Å². The van der Waals surface area contributed by atoms with Gasteiger partial charge in [-0.3, -0.25) is 4.79 Å². The fourth-order valence-electron chi connectivity index (χ4n) is 1.82. The van der Waals surface area contributed by atoms with Gasteiger partial charge in [0.15, 0.2) is 0 Å². The number of hydrogen-bond donors (Lipinski definition) is 0. The molecule has 0 aliphatic carbocycles. The lowest BCUT2D eigenvalue weighted by atomic mass is 9.93. The molecule has 70 valence electrons. The fourth-order valence-corrected chi connectivity index (χ4v) is 1.82. The number of Topliss-reactive ketones (excluding diaryl/α,β-unsaturated/α-hetero) is 1. The molecular weight excluding hydrogens is 150 g/mol. The lowest BCUT2D eigenvalue weighted by Gasteiger charge is -2.33. The van der Waals surface area contributed by atoms with Crippen molar-refractivity contribution in [3.8, 4) is 0 Å². The van der Waals surface area contributed by atoms with E-state index in [1.165, 1.54) is 0 Å². The Morgan fingerprint density at radius 2 is 1.83 bits per heavy atom. The second-order valence-electron chi connectivity index (χ2n) is 4.01. The maximum absolute atomic E-state index is 11.1. The van der Waals surface area contributed by atoms with Gasteiger partial charge >= 0.3 is 0 Å². The van der Waals surface area contributed by atoms with Gasteiger partial charge in [-0.05, 0) is 46.7 Å². The standard InChI is InChI=1S/C10H19NO/c1-8(2)11-6-4-10(5-7-11)9(3)12/h8,10H,4-7H2,1-3H3. The third-order valence-corrected chi connectivity index (χ3v) is 2.83. The molecule has 2 heteroatoms. The zero-order valence-electron chi connectivity index (χ0n) is 8.34. The quantitative estimate of drug-likeness (QED) is 0.627. The van der Waals surface area contributed by atoms with Crippen molar-refractivity contribution in [2.75, 3.05) is 13.1 Å². The van der Waals surface area contributed by atoms with Crippen LogP contribution in [0.1, 0.15) is 33.6 Å². The molecule has 0 N–H and O–H groups in total. The molecule has 1 fully saturated rings. The molecule has 0 spiro atoms. The summed E-state index contributed by atoms with van der Waals surface area (Å²) in [6.07, 6.45) is 2.13. The molecule has 0 aromatic carbocycles. The first kappa shape index (κ1) is 9.72. The zero-order valence-corrected chi connectivity index (χ0v) is 8.34. The summed E-state index contributed by atoms with van der Waals surface area (Å²) < 4.78 is 0. The number of likely N-dealkylation sites (tertiary alicyclic amines) is 1. The van der Waals surface area contributed by atoms with Gasteiger partial charge in [0.2, 0.25) is 0 Å². The largest absolute Gasteiger partial charge is 0.301 e. The molecule has 0 radical (unpaired) electrons. The molecular formula is C10H19NO. The lowest BCUT2D eigenvalue weighted by molar-refractivity contribution is -0.122. The van der Waals surface area contributed by atoms with Gasteiger partial charge in [0.05, 0.1) is 0 Å². The Labute approximate surface area is 74.9 Å². The molecule has 2 nitrogen and oxygen atoms in total. The van der Waals surface area contributed by atoms with Gasteiger partial charge in [-0.25, -0.2) is 0 Å². The molecule has 12 heavy (non-hydrogen) atoms. The van der Waals surface area contributed by atoms with E-state index in [-0.39, 0.29) is 0 Å². The monoisotopic (exact) mass is 169 g/mol. The molecule has 0 amide bonds. The highest BCUT2D eigenvalue weighted by Gasteiger charge is 2.23. The van der Waals surface area contributed by atoms with E-state index >= 15 is 0 Å². The second-order valence-corrected chi connectivity index (χ2v) is 4.01. The van der Waals surface area contributed by atoms with Gasteiger partial charge in [0.1, 0.15) is 5.78 Å². The number of piperidine rings is 1. The Morgan fingerprint density at radius 3 is 2.17 bits per heavy atom. The summed E-state index contributed by atoms with van der Waals surface area (Å²) in [7, 11) is 0.